The van der Waals surface area contributed by atoms with Gasteiger partial charge in [0.25, 0.3) is 0 Å². The predicted octanol–water partition coefficient (Wildman–Crippen LogP) is 1.21. The molecule has 2 heterocycles. The third-order valence-electron chi connectivity index (χ3n) is 1.28. The van der Waals surface area contributed by atoms with Gasteiger partial charge in [0.15, 0.2) is 3.92 Å². The number of hydrogen-bond donors (Lipinski definition) is 0. The molecule has 9 heteroatoms. The maximum atomic E-state index is 12.6. The van der Waals surface area contributed by atoms with Crippen molar-refractivity contribution in [2.75, 3.05) is 0 Å². The number of fused-ring (bicyclic) bond motifs is 1. The summed E-state index contributed by atoms with van der Waals surface area (Å²) < 4.78 is 35.0. The number of aromatic nitrogens is 3. The number of hydrogen-bond acceptors (Lipinski definition) is 5. The van der Waals surface area contributed by atoms with Gasteiger partial charge in [-0.1, -0.05) is 15.2 Å². The predicted molar refractivity (Wildman–Crippen MR) is 46.9 cm³/mol. The second-order valence-corrected chi connectivity index (χ2v) is 5.61. The quantitative estimate of drug-likeness (QED) is 0.739. The number of rotatable bonds is 1. The van der Waals surface area contributed by atoms with Crippen molar-refractivity contribution in [1.82, 2.24) is 14.6 Å². The minimum Gasteiger partial charge on any atom is -0.224 e. The van der Waals surface area contributed by atoms with Crippen LogP contribution >= 0.6 is 27.3 Å². The molecular formula is C4HBrFN3O2S2. The van der Waals surface area contributed by atoms with E-state index >= 15 is 0 Å². The van der Waals surface area contributed by atoms with E-state index in [9.17, 15) is 12.3 Å². The van der Waals surface area contributed by atoms with Gasteiger partial charge in [-0.05, 0) is 15.9 Å². The highest BCUT2D eigenvalue weighted by atomic mass is 79.9. The largest absolute Gasteiger partial charge is 0.351 e. The Morgan fingerprint density at radius 2 is 2.31 bits per heavy atom. The lowest BCUT2D eigenvalue weighted by Crippen LogP contribution is -1.97. The van der Waals surface area contributed by atoms with Crippen molar-refractivity contribution in [2.24, 2.45) is 0 Å². The molecule has 0 amide bonds. The molecule has 70 valence electrons. The summed E-state index contributed by atoms with van der Waals surface area (Å²) in [5.41, 5.74) is 0. The van der Waals surface area contributed by atoms with Crippen molar-refractivity contribution < 1.29 is 12.3 Å². The molecule has 2 aromatic heterocycles. The average molecular weight is 286 g/mol. The summed E-state index contributed by atoms with van der Waals surface area (Å²) in [6.45, 7) is 0. The molecule has 13 heavy (non-hydrogen) atoms. The van der Waals surface area contributed by atoms with Gasteiger partial charge in [0, 0.05) is 0 Å². The molecule has 5 nitrogen and oxygen atoms in total. The number of nitrogens with zero attached hydrogens (tertiary/aromatic N) is 3. The maximum Gasteiger partial charge on any atom is 0.351 e. The molecule has 0 bridgehead atoms. The highest BCUT2D eigenvalue weighted by Gasteiger charge is 2.20. The van der Waals surface area contributed by atoms with Gasteiger partial charge in [0.1, 0.15) is 0 Å². The molecule has 0 radical (unpaired) electrons. The van der Waals surface area contributed by atoms with E-state index in [0.29, 0.717) is 8.88 Å². The third-order valence-corrected chi connectivity index (χ3v) is 3.41. The molecule has 0 unspecified atom stereocenters. The molecule has 0 saturated carbocycles. The van der Waals surface area contributed by atoms with Gasteiger partial charge in [0.05, 0.1) is 6.20 Å². The Morgan fingerprint density at radius 3 is 2.92 bits per heavy atom. The van der Waals surface area contributed by atoms with E-state index in [2.05, 4.69) is 26.0 Å². The number of imidazole rings is 1. The molecule has 0 fully saturated rings. The van der Waals surface area contributed by atoms with E-state index in [4.69, 9.17) is 0 Å². The zero-order chi connectivity index (χ0) is 9.64. The highest BCUT2D eigenvalue weighted by Crippen LogP contribution is 2.22. The SMILES string of the molecule is O=S(=O)(F)c1cnc2sc(Br)nn12. The fourth-order valence-electron chi connectivity index (χ4n) is 0.816. The van der Waals surface area contributed by atoms with E-state index in [-0.39, 0.29) is 0 Å². The fraction of sp³-hybridized carbons (Fsp3) is 0. The summed E-state index contributed by atoms with van der Waals surface area (Å²) >= 11 is 4.15. The first-order valence-electron chi connectivity index (χ1n) is 2.93. The van der Waals surface area contributed by atoms with Gasteiger partial charge in [-0.15, -0.1) is 5.10 Å². The van der Waals surface area contributed by atoms with Crippen LogP contribution in [0.15, 0.2) is 15.1 Å². The second kappa shape index (κ2) is 2.72. The Kier molecular flexibility index (Phi) is 1.89. The molecule has 0 aliphatic heterocycles. The van der Waals surface area contributed by atoms with Gasteiger partial charge in [-0.3, -0.25) is 0 Å². The Labute approximate surface area is 84.6 Å². The minimum absolute atomic E-state index is 0.322. The lowest BCUT2D eigenvalue weighted by Gasteiger charge is -1.87. The van der Waals surface area contributed by atoms with E-state index in [0.717, 1.165) is 22.0 Å². The fourth-order valence-corrected chi connectivity index (χ4v) is 2.58. The van der Waals surface area contributed by atoms with Crippen LogP contribution < -0.4 is 0 Å². The van der Waals surface area contributed by atoms with Crippen LogP contribution in [0.25, 0.3) is 4.96 Å². The highest BCUT2D eigenvalue weighted by molar-refractivity contribution is 9.11. The monoisotopic (exact) mass is 285 g/mol. The molecule has 0 aliphatic rings. The van der Waals surface area contributed by atoms with E-state index < -0.39 is 15.2 Å². The lowest BCUT2D eigenvalue weighted by atomic mass is 10.9. The van der Waals surface area contributed by atoms with Crippen LogP contribution in [0.2, 0.25) is 0 Å². The van der Waals surface area contributed by atoms with Gasteiger partial charge in [0.2, 0.25) is 9.99 Å². The van der Waals surface area contributed by atoms with E-state index in [1.54, 1.807) is 0 Å². The summed E-state index contributed by atoms with van der Waals surface area (Å²) in [6.07, 6.45) is 0.931. The van der Waals surface area contributed by atoms with Crippen molar-refractivity contribution >= 4 is 42.5 Å². The Morgan fingerprint density at radius 1 is 1.62 bits per heavy atom. The smallest absolute Gasteiger partial charge is 0.224 e. The summed E-state index contributed by atoms with van der Waals surface area (Å²) in [6, 6.07) is 0. The second-order valence-electron chi connectivity index (χ2n) is 2.08. The van der Waals surface area contributed by atoms with E-state index in [1.165, 1.54) is 0 Å². The Bertz CT molecular complexity index is 559. The van der Waals surface area contributed by atoms with Gasteiger partial charge in [-0.2, -0.15) is 12.9 Å². The van der Waals surface area contributed by atoms with Crippen LogP contribution in [0.5, 0.6) is 0 Å². The van der Waals surface area contributed by atoms with Gasteiger partial charge < -0.3 is 0 Å². The molecule has 0 aromatic carbocycles. The van der Waals surface area contributed by atoms with Crippen molar-refractivity contribution in [1.29, 1.82) is 0 Å². The summed E-state index contributed by atoms with van der Waals surface area (Å²) in [7, 11) is -4.75. The third kappa shape index (κ3) is 1.46. The first-order valence-corrected chi connectivity index (χ1v) is 5.92. The Balaban J connectivity index is 2.84. The molecule has 0 aliphatic carbocycles. The van der Waals surface area contributed by atoms with Gasteiger partial charge >= 0.3 is 10.2 Å². The van der Waals surface area contributed by atoms with Crippen molar-refractivity contribution in [2.45, 2.75) is 5.03 Å². The first kappa shape index (κ1) is 9.03. The molecule has 0 N–H and O–H groups in total. The van der Waals surface area contributed by atoms with Crippen LogP contribution in [0.1, 0.15) is 0 Å². The van der Waals surface area contributed by atoms with Crippen LogP contribution in [0.3, 0.4) is 0 Å². The molecule has 2 aromatic rings. The van der Waals surface area contributed by atoms with Crippen LogP contribution in [0, 0.1) is 0 Å². The molecule has 0 saturated heterocycles. The lowest BCUT2D eigenvalue weighted by molar-refractivity contribution is 0.544. The zero-order valence-electron chi connectivity index (χ0n) is 5.81. The van der Waals surface area contributed by atoms with Crippen molar-refractivity contribution in [3.63, 3.8) is 0 Å². The standard InChI is InChI=1S/C4HBrFN3O2S2/c5-3-8-9-2(13(6,10)11)1-7-4(9)12-3/h1H. The normalized spacial score (nSPS) is 12.5. The summed E-state index contributed by atoms with van der Waals surface area (Å²) in [5.74, 6) is 0. The minimum atomic E-state index is -4.75. The average Bonchev–Trinajstić information content (AvgIpc) is 2.41. The number of halogens is 2. The topological polar surface area (TPSA) is 64.3 Å². The van der Waals surface area contributed by atoms with E-state index in [1.807, 2.05) is 0 Å². The Hall–Kier alpha value is -0.540. The molecular weight excluding hydrogens is 285 g/mol. The molecule has 0 atom stereocenters. The van der Waals surface area contributed by atoms with Gasteiger partial charge in [-0.25, -0.2) is 4.98 Å². The molecule has 0 spiro atoms. The van der Waals surface area contributed by atoms with Crippen molar-refractivity contribution in [3.8, 4) is 0 Å². The zero-order valence-corrected chi connectivity index (χ0v) is 9.03. The van der Waals surface area contributed by atoms with Crippen LogP contribution in [0.4, 0.5) is 3.89 Å². The summed E-state index contributed by atoms with van der Waals surface area (Å²) in [4.78, 5) is 4.00. The first-order chi connectivity index (χ1) is 5.98. The maximum absolute atomic E-state index is 12.6. The van der Waals surface area contributed by atoms with Crippen molar-refractivity contribution in [3.05, 3.63) is 10.1 Å². The molecule has 2 rings (SSSR count). The van der Waals surface area contributed by atoms with Crippen LogP contribution in [-0.2, 0) is 10.2 Å². The summed E-state index contributed by atoms with van der Waals surface area (Å²) in [5, 5.41) is 3.16. The van der Waals surface area contributed by atoms with Crippen LogP contribution in [-0.4, -0.2) is 23.0 Å².